The molecule has 2 heteroatoms. The summed E-state index contributed by atoms with van der Waals surface area (Å²) in [5, 5.41) is 9.13. The van der Waals surface area contributed by atoms with Crippen LogP contribution in [0.2, 0.25) is 0 Å². The van der Waals surface area contributed by atoms with Crippen LogP contribution in [-0.4, -0.2) is 24.4 Å². The molecule has 0 radical (unpaired) electrons. The Morgan fingerprint density at radius 2 is 2.33 bits per heavy atom. The molecule has 1 N–H and O–H groups in total. The number of hydrogen-bond donors (Lipinski definition) is 1. The summed E-state index contributed by atoms with van der Waals surface area (Å²) in [7, 11) is 0. The van der Waals surface area contributed by atoms with E-state index in [1.54, 1.807) is 0 Å². The molecule has 0 aliphatic carbocycles. The molecule has 70 valence electrons. The first-order chi connectivity index (χ1) is 5.56. The third-order valence-corrected chi connectivity index (χ3v) is 2.52. The summed E-state index contributed by atoms with van der Waals surface area (Å²) in [4.78, 5) is 0. The third kappa shape index (κ3) is 2.08. The van der Waals surface area contributed by atoms with Gasteiger partial charge in [0.25, 0.3) is 0 Å². The Morgan fingerprint density at radius 3 is 2.83 bits per heavy atom. The Bertz CT molecular complexity index is 182. The Morgan fingerprint density at radius 1 is 1.67 bits per heavy atom. The zero-order valence-corrected chi connectivity index (χ0v) is 8.13. The normalized spacial score (nSPS) is 25.3. The van der Waals surface area contributed by atoms with Crippen LogP contribution in [0.3, 0.4) is 0 Å². The highest BCUT2D eigenvalue weighted by molar-refractivity contribution is 5.05. The van der Waals surface area contributed by atoms with Crippen molar-refractivity contribution in [2.24, 2.45) is 5.41 Å². The maximum atomic E-state index is 9.13. The summed E-state index contributed by atoms with van der Waals surface area (Å²) in [5.74, 6) is 0. The standard InChI is InChI=1S/C10H18O2/c1-8-4-5-12-9(6-8)10(2,3)7-11/h4,9,11H,5-7H2,1-3H3. The first-order valence-corrected chi connectivity index (χ1v) is 4.44. The van der Waals surface area contributed by atoms with Crippen molar-refractivity contribution in [1.29, 1.82) is 0 Å². The maximum Gasteiger partial charge on any atom is 0.0689 e. The molecule has 1 rings (SSSR count). The van der Waals surface area contributed by atoms with Gasteiger partial charge in [-0.1, -0.05) is 25.5 Å². The minimum absolute atomic E-state index is 0.116. The van der Waals surface area contributed by atoms with E-state index >= 15 is 0 Å². The van der Waals surface area contributed by atoms with Gasteiger partial charge in [0, 0.05) is 5.41 Å². The van der Waals surface area contributed by atoms with Crippen molar-refractivity contribution in [3.05, 3.63) is 11.6 Å². The number of aliphatic hydroxyl groups excluding tert-OH is 1. The average Bonchev–Trinajstić information content (AvgIpc) is 2.05. The molecule has 2 nitrogen and oxygen atoms in total. The second-order valence-electron chi connectivity index (χ2n) is 4.22. The van der Waals surface area contributed by atoms with Crippen LogP contribution in [0.15, 0.2) is 11.6 Å². The largest absolute Gasteiger partial charge is 0.396 e. The molecule has 0 aromatic rings. The molecule has 1 heterocycles. The third-order valence-electron chi connectivity index (χ3n) is 2.52. The van der Waals surface area contributed by atoms with E-state index in [1.807, 2.05) is 13.8 Å². The second kappa shape index (κ2) is 3.58. The molecule has 0 saturated carbocycles. The Labute approximate surface area is 74.2 Å². The van der Waals surface area contributed by atoms with Gasteiger partial charge in [-0.3, -0.25) is 0 Å². The lowest BCUT2D eigenvalue weighted by molar-refractivity contribution is -0.0436. The highest BCUT2D eigenvalue weighted by atomic mass is 16.5. The molecule has 1 atom stereocenters. The average molecular weight is 170 g/mol. The number of rotatable bonds is 2. The fourth-order valence-electron chi connectivity index (χ4n) is 1.34. The van der Waals surface area contributed by atoms with Crippen molar-refractivity contribution >= 4 is 0 Å². The molecule has 12 heavy (non-hydrogen) atoms. The van der Waals surface area contributed by atoms with Crippen LogP contribution in [0, 0.1) is 5.41 Å². The Balaban J connectivity index is 2.60. The van der Waals surface area contributed by atoms with E-state index in [-0.39, 0.29) is 18.1 Å². The predicted octanol–water partition coefficient (Wildman–Crippen LogP) is 1.74. The van der Waals surface area contributed by atoms with Crippen LogP contribution >= 0.6 is 0 Å². The summed E-state index contributed by atoms with van der Waals surface area (Å²) >= 11 is 0. The van der Waals surface area contributed by atoms with Crippen molar-refractivity contribution in [3.63, 3.8) is 0 Å². The van der Waals surface area contributed by atoms with E-state index in [4.69, 9.17) is 9.84 Å². The minimum Gasteiger partial charge on any atom is -0.396 e. The molecule has 1 aliphatic heterocycles. The van der Waals surface area contributed by atoms with Gasteiger partial charge in [0.15, 0.2) is 0 Å². The summed E-state index contributed by atoms with van der Waals surface area (Å²) < 4.78 is 5.57. The minimum atomic E-state index is -0.116. The van der Waals surface area contributed by atoms with Gasteiger partial charge >= 0.3 is 0 Å². The molecule has 0 aromatic carbocycles. The lowest BCUT2D eigenvalue weighted by Crippen LogP contribution is -2.37. The van der Waals surface area contributed by atoms with Gasteiger partial charge in [0.1, 0.15) is 0 Å². The maximum absolute atomic E-state index is 9.13. The lowest BCUT2D eigenvalue weighted by atomic mass is 9.83. The highest BCUT2D eigenvalue weighted by Gasteiger charge is 2.30. The number of hydrogen-bond acceptors (Lipinski definition) is 2. The van der Waals surface area contributed by atoms with Crippen molar-refractivity contribution in [2.75, 3.05) is 13.2 Å². The van der Waals surface area contributed by atoms with Gasteiger partial charge in [0.05, 0.1) is 19.3 Å². The van der Waals surface area contributed by atoms with Gasteiger partial charge < -0.3 is 9.84 Å². The molecular formula is C10H18O2. The monoisotopic (exact) mass is 170 g/mol. The van der Waals surface area contributed by atoms with Crippen LogP contribution in [0.1, 0.15) is 27.2 Å². The molecule has 0 saturated heterocycles. The van der Waals surface area contributed by atoms with Gasteiger partial charge in [-0.05, 0) is 13.3 Å². The fraction of sp³-hybridized carbons (Fsp3) is 0.800. The van der Waals surface area contributed by atoms with E-state index in [0.717, 1.165) is 6.42 Å². The summed E-state index contributed by atoms with van der Waals surface area (Å²) in [6.07, 6.45) is 3.23. The van der Waals surface area contributed by atoms with Gasteiger partial charge in [0.2, 0.25) is 0 Å². The first kappa shape index (κ1) is 9.75. The molecule has 1 aliphatic rings. The van der Waals surface area contributed by atoms with Crippen LogP contribution in [0.5, 0.6) is 0 Å². The van der Waals surface area contributed by atoms with Crippen LogP contribution in [0.4, 0.5) is 0 Å². The first-order valence-electron chi connectivity index (χ1n) is 4.44. The van der Waals surface area contributed by atoms with E-state index in [1.165, 1.54) is 5.57 Å². The van der Waals surface area contributed by atoms with Gasteiger partial charge in [-0.15, -0.1) is 0 Å². The number of aliphatic hydroxyl groups is 1. The summed E-state index contributed by atoms with van der Waals surface area (Å²) in [6.45, 7) is 7.07. The smallest absolute Gasteiger partial charge is 0.0689 e. The van der Waals surface area contributed by atoms with E-state index in [9.17, 15) is 0 Å². The molecule has 1 unspecified atom stereocenters. The molecular weight excluding hydrogens is 152 g/mol. The molecule has 0 amide bonds. The quantitative estimate of drug-likeness (QED) is 0.640. The molecule has 0 aromatic heterocycles. The van der Waals surface area contributed by atoms with Crippen LogP contribution in [0.25, 0.3) is 0 Å². The summed E-state index contributed by atoms with van der Waals surface area (Å²) in [6, 6.07) is 0. The topological polar surface area (TPSA) is 29.5 Å². The Hall–Kier alpha value is -0.340. The zero-order chi connectivity index (χ0) is 9.19. The van der Waals surface area contributed by atoms with Crippen LogP contribution < -0.4 is 0 Å². The Kier molecular flexibility index (Phi) is 2.91. The van der Waals surface area contributed by atoms with Gasteiger partial charge in [-0.2, -0.15) is 0 Å². The molecule has 0 bridgehead atoms. The summed E-state index contributed by atoms with van der Waals surface area (Å²) in [5.41, 5.74) is 1.25. The zero-order valence-electron chi connectivity index (χ0n) is 8.13. The van der Waals surface area contributed by atoms with E-state index in [2.05, 4.69) is 13.0 Å². The van der Waals surface area contributed by atoms with Crippen molar-refractivity contribution in [1.82, 2.24) is 0 Å². The van der Waals surface area contributed by atoms with Crippen LogP contribution in [-0.2, 0) is 4.74 Å². The van der Waals surface area contributed by atoms with Gasteiger partial charge in [-0.25, -0.2) is 0 Å². The number of ether oxygens (including phenoxy) is 1. The van der Waals surface area contributed by atoms with Crippen molar-refractivity contribution in [2.45, 2.75) is 33.3 Å². The molecule has 0 spiro atoms. The van der Waals surface area contributed by atoms with E-state index < -0.39 is 0 Å². The highest BCUT2D eigenvalue weighted by Crippen LogP contribution is 2.29. The SMILES string of the molecule is CC1=CCOC(C(C)(C)CO)C1. The molecule has 0 fully saturated rings. The predicted molar refractivity (Wildman–Crippen MR) is 49.0 cm³/mol. The van der Waals surface area contributed by atoms with Crippen molar-refractivity contribution < 1.29 is 9.84 Å². The second-order valence-corrected chi connectivity index (χ2v) is 4.22. The fourth-order valence-corrected chi connectivity index (χ4v) is 1.34. The lowest BCUT2D eigenvalue weighted by Gasteiger charge is -2.34. The van der Waals surface area contributed by atoms with Crippen molar-refractivity contribution in [3.8, 4) is 0 Å². The van der Waals surface area contributed by atoms with E-state index in [0.29, 0.717) is 6.61 Å².